The summed E-state index contributed by atoms with van der Waals surface area (Å²) in [5.41, 5.74) is 0.0866. The molecule has 34 heavy (non-hydrogen) atoms. The molecule has 2 aromatic rings. The van der Waals surface area contributed by atoms with Gasteiger partial charge in [0.2, 0.25) is 0 Å². The standard InChI is InChI=1S/C25H25F4N3O2/c26-21-8-7-18(13-19(21)25(27,28)29)31-23(34)32(11-1-2-12-33)22-9-10-24(14-20(22)24)17-5-3-16(15-30)4-6-17/h3-8,13,20,22,33H,1-2,9-12,14H2,(H,31,34)/t20?,22-,24?/m1/s1. The van der Waals surface area contributed by atoms with E-state index in [0.717, 1.165) is 30.9 Å². The smallest absolute Gasteiger partial charge is 0.396 e. The van der Waals surface area contributed by atoms with Crippen LogP contribution in [-0.4, -0.2) is 35.2 Å². The minimum atomic E-state index is -4.87. The molecule has 0 saturated heterocycles. The van der Waals surface area contributed by atoms with Crippen molar-refractivity contribution >= 4 is 11.7 Å². The molecule has 2 unspecified atom stereocenters. The number of unbranched alkanes of at least 4 members (excludes halogenated alkanes) is 1. The summed E-state index contributed by atoms with van der Waals surface area (Å²) in [6, 6.07) is 11.4. The Bertz CT molecular complexity index is 1100. The van der Waals surface area contributed by atoms with Crippen molar-refractivity contribution in [3.63, 3.8) is 0 Å². The maximum absolute atomic E-state index is 13.6. The summed E-state index contributed by atoms with van der Waals surface area (Å²) in [6.07, 6.45) is -1.32. The second-order valence-electron chi connectivity index (χ2n) is 9.01. The Morgan fingerprint density at radius 1 is 1.21 bits per heavy atom. The molecule has 2 aliphatic carbocycles. The van der Waals surface area contributed by atoms with Gasteiger partial charge in [-0.1, -0.05) is 12.1 Å². The van der Waals surface area contributed by atoms with Crippen molar-refractivity contribution in [3.8, 4) is 6.07 Å². The number of amides is 2. The number of anilines is 1. The first-order valence-electron chi connectivity index (χ1n) is 11.3. The van der Waals surface area contributed by atoms with Crippen LogP contribution in [-0.2, 0) is 11.6 Å². The van der Waals surface area contributed by atoms with E-state index in [2.05, 4.69) is 11.4 Å². The summed E-state index contributed by atoms with van der Waals surface area (Å²) in [4.78, 5) is 14.8. The molecule has 2 N–H and O–H groups in total. The highest BCUT2D eigenvalue weighted by atomic mass is 19.4. The molecule has 0 aliphatic heterocycles. The van der Waals surface area contributed by atoms with Gasteiger partial charge in [0.05, 0.1) is 17.2 Å². The summed E-state index contributed by atoms with van der Waals surface area (Å²) in [5.74, 6) is -1.19. The van der Waals surface area contributed by atoms with Crippen LogP contribution in [0, 0.1) is 23.1 Å². The molecule has 2 amide bonds. The Balaban J connectivity index is 1.52. The molecule has 3 atom stereocenters. The molecular weight excluding hydrogens is 450 g/mol. The lowest BCUT2D eigenvalue weighted by molar-refractivity contribution is -0.139. The third kappa shape index (κ3) is 4.60. The SMILES string of the molecule is N#Cc1ccc(C23CC[C@@H](N(CCCCO)C(=O)Nc4ccc(F)c(C(F)(F)F)c4)C2C3)cc1. The normalized spacial score (nSPS) is 23.2. The maximum Gasteiger partial charge on any atom is 0.419 e. The molecule has 180 valence electrons. The number of aliphatic hydroxyl groups excluding tert-OH is 1. The lowest BCUT2D eigenvalue weighted by Gasteiger charge is -2.30. The average Bonchev–Trinajstić information content (AvgIpc) is 3.43. The Labute approximate surface area is 195 Å². The molecule has 9 heteroatoms. The number of carbonyl (C=O) groups excluding carboxylic acids is 1. The number of nitrogens with one attached hydrogen (secondary N) is 1. The number of halogens is 4. The van der Waals surface area contributed by atoms with Crippen LogP contribution in [0.5, 0.6) is 0 Å². The molecule has 5 nitrogen and oxygen atoms in total. The number of nitrogens with zero attached hydrogens (tertiary/aromatic N) is 2. The number of alkyl halides is 3. The van der Waals surface area contributed by atoms with Gasteiger partial charge < -0.3 is 15.3 Å². The summed E-state index contributed by atoms with van der Waals surface area (Å²) in [5, 5.41) is 20.7. The zero-order valence-electron chi connectivity index (χ0n) is 18.4. The molecule has 0 radical (unpaired) electrons. The monoisotopic (exact) mass is 475 g/mol. The summed E-state index contributed by atoms with van der Waals surface area (Å²) >= 11 is 0. The number of hydrogen-bond acceptors (Lipinski definition) is 3. The van der Waals surface area contributed by atoms with Gasteiger partial charge in [-0.3, -0.25) is 0 Å². The van der Waals surface area contributed by atoms with Crippen molar-refractivity contribution in [3.05, 3.63) is 65.0 Å². The number of rotatable bonds is 7. The number of carbonyl (C=O) groups is 1. The van der Waals surface area contributed by atoms with Gasteiger partial charge in [-0.15, -0.1) is 0 Å². The van der Waals surface area contributed by atoms with Gasteiger partial charge in [0.25, 0.3) is 0 Å². The lowest BCUT2D eigenvalue weighted by Crippen LogP contribution is -2.44. The van der Waals surface area contributed by atoms with Gasteiger partial charge in [0.1, 0.15) is 5.82 Å². The Kier molecular flexibility index (Phi) is 6.54. The molecular formula is C25H25F4N3O2. The molecule has 0 bridgehead atoms. The van der Waals surface area contributed by atoms with Crippen LogP contribution in [0.3, 0.4) is 0 Å². The first kappa shape index (κ1) is 24.0. The molecule has 2 aromatic carbocycles. The highest BCUT2D eigenvalue weighted by Gasteiger charge is 2.63. The Morgan fingerprint density at radius 2 is 1.94 bits per heavy atom. The van der Waals surface area contributed by atoms with E-state index >= 15 is 0 Å². The predicted octanol–water partition coefficient (Wildman–Crippen LogP) is 5.44. The van der Waals surface area contributed by atoms with Crippen LogP contribution in [0.15, 0.2) is 42.5 Å². The summed E-state index contributed by atoms with van der Waals surface area (Å²) < 4.78 is 52.9. The molecule has 0 heterocycles. The van der Waals surface area contributed by atoms with E-state index in [9.17, 15) is 22.4 Å². The van der Waals surface area contributed by atoms with Gasteiger partial charge in [0, 0.05) is 30.3 Å². The fourth-order valence-corrected chi connectivity index (χ4v) is 5.29. The van der Waals surface area contributed by atoms with Gasteiger partial charge in [0.15, 0.2) is 0 Å². The Hall–Kier alpha value is -3.12. The first-order chi connectivity index (χ1) is 16.2. The number of benzene rings is 2. The largest absolute Gasteiger partial charge is 0.419 e. The number of fused-ring (bicyclic) bond motifs is 1. The van der Waals surface area contributed by atoms with Crippen LogP contribution in [0.25, 0.3) is 0 Å². The van der Waals surface area contributed by atoms with Crippen molar-refractivity contribution in [2.75, 3.05) is 18.5 Å². The van der Waals surface area contributed by atoms with Crippen LogP contribution in [0.1, 0.15) is 48.8 Å². The van der Waals surface area contributed by atoms with E-state index in [4.69, 9.17) is 10.4 Å². The molecule has 2 saturated carbocycles. The lowest BCUT2D eigenvalue weighted by atomic mass is 9.93. The third-order valence-corrected chi connectivity index (χ3v) is 7.06. The van der Waals surface area contributed by atoms with Crippen molar-refractivity contribution < 1.29 is 27.5 Å². The summed E-state index contributed by atoms with van der Waals surface area (Å²) in [7, 11) is 0. The van der Waals surface area contributed by atoms with E-state index in [1.54, 1.807) is 17.0 Å². The average molecular weight is 475 g/mol. The first-order valence-corrected chi connectivity index (χ1v) is 11.3. The topological polar surface area (TPSA) is 76.4 Å². The van der Waals surface area contributed by atoms with Crippen molar-refractivity contribution in [2.45, 2.75) is 49.7 Å². The second-order valence-corrected chi connectivity index (χ2v) is 9.01. The molecule has 0 aromatic heterocycles. The molecule has 4 rings (SSSR count). The van der Waals surface area contributed by atoms with Crippen LogP contribution < -0.4 is 5.32 Å². The van der Waals surface area contributed by atoms with E-state index in [-0.39, 0.29) is 29.7 Å². The van der Waals surface area contributed by atoms with Gasteiger partial charge >= 0.3 is 12.2 Å². The molecule has 0 spiro atoms. The van der Waals surface area contributed by atoms with Crippen LogP contribution in [0.4, 0.5) is 28.0 Å². The fraction of sp³-hybridized carbons (Fsp3) is 0.440. The van der Waals surface area contributed by atoms with Crippen molar-refractivity contribution in [1.29, 1.82) is 5.26 Å². The quantitative estimate of drug-likeness (QED) is 0.413. The highest BCUT2D eigenvalue weighted by molar-refractivity contribution is 5.89. The number of nitriles is 1. The molecule has 2 aliphatic rings. The maximum atomic E-state index is 13.6. The minimum absolute atomic E-state index is 0.0222. The second kappa shape index (κ2) is 9.26. The number of aliphatic hydroxyl groups is 1. The van der Waals surface area contributed by atoms with Crippen LogP contribution >= 0.6 is 0 Å². The van der Waals surface area contributed by atoms with Gasteiger partial charge in [-0.2, -0.15) is 18.4 Å². The van der Waals surface area contributed by atoms with Gasteiger partial charge in [-0.25, -0.2) is 9.18 Å². The van der Waals surface area contributed by atoms with Crippen molar-refractivity contribution in [1.82, 2.24) is 4.90 Å². The predicted molar refractivity (Wildman–Crippen MR) is 117 cm³/mol. The van der Waals surface area contributed by atoms with Crippen molar-refractivity contribution in [2.24, 2.45) is 5.92 Å². The summed E-state index contributed by atoms with van der Waals surface area (Å²) in [6.45, 7) is 0.329. The van der Waals surface area contributed by atoms with E-state index in [1.165, 1.54) is 0 Å². The number of urea groups is 1. The number of hydrogen-bond donors (Lipinski definition) is 2. The fourth-order valence-electron chi connectivity index (χ4n) is 5.29. The van der Waals surface area contributed by atoms with E-state index < -0.39 is 23.6 Å². The Morgan fingerprint density at radius 3 is 2.56 bits per heavy atom. The van der Waals surface area contributed by atoms with E-state index in [0.29, 0.717) is 37.1 Å². The minimum Gasteiger partial charge on any atom is -0.396 e. The zero-order chi connectivity index (χ0) is 24.5. The van der Waals surface area contributed by atoms with E-state index in [1.807, 2.05) is 12.1 Å². The third-order valence-electron chi connectivity index (χ3n) is 7.06. The van der Waals surface area contributed by atoms with Crippen LogP contribution in [0.2, 0.25) is 0 Å². The zero-order valence-corrected chi connectivity index (χ0v) is 18.4. The highest BCUT2D eigenvalue weighted by Crippen LogP contribution is 2.65. The molecule has 2 fully saturated rings. The van der Waals surface area contributed by atoms with Gasteiger partial charge in [-0.05, 0) is 73.9 Å².